The van der Waals surface area contributed by atoms with Gasteiger partial charge in [0.1, 0.15) is 5.82 Å². The van der Waals surface area contributed by atoms with Gasteiger partial charge in [0.05, 0.1) is 29.2 Å². The Morgan fingerprint density at radius 2 is 2.07 bits per heavy atom. The Labute approximate surface area is 181 Å². The lowest BCUT2D eigenvalue weighted by Crippen LogP contribution is -2.28. The predicted molar refractivity (Wildman–Crippen MR) is 123 cm³/mol. The number of aromatic amines is 1. The molecule has 30 heavy (non-hydrogen) atoms. The third-order valence-corrected chi connectivity index (χ3v) is 6.93. The fourth-order valence-corrected chi connectivity index (χ4v) is 4.36. The second-order valence-electron chi connectivity index (χ2n) is 8.60. The maximum absolute atomic E-state index is 12.6. The highest BCUT2D eigenvalue weighted by molar-refractivity contribution is 7.13. The van der Waals surface area contributed by atoms with Gasteiger partial charge in [0.25, 0.3) is 0 Å². The zero-order valence-corrected chi connectivity index (χ0v) is 19.0. The number of benzene rings is 1. The number of hydrogen-bond donors (Lipinski definition) is 3. The van der Waals surface area contributed by atoms with Crippen LogP contribution in [0.5, 0.6) is 0 Å². The zero-order chi connectivity index (χ0) is 21.3. The van der Waals surface area contributed by atoms with Crippen molar-refractivity contribution in [3.05, 3.63) is 40.7 Å². The van der Waals surface area contributed by atoms with E-state index in [9.17, 15) is 4.79 Å². The number of thiazole rings is 1. The van der Waals surface area contributed by atoms with Crippen LogP contribution in [0.3, 0.4) is 0 Å². The molecule has 3 aromatic rings. The van der Waals surface area contributed by atoms with Crippen molar-refractivity contribution in [3.63, 3.8) is 0 Å². The molecule has 7 heteroatoms. The molecular weight excluding hydrogens is 394 g/mol. The molecule has 1 aromatic carbocycles. The zero-order valence-electron chi connectivity index (χ0n) is 18.2. The first-order chi connectivity index (χ1) is 14.4. The summed E-state index contributed by atoms with van der Waals surface area (Å²) in [5, 5.41) is 9.40. The number of anilines is 1. The summed E-state index contributed by atoms with van der Waals surface area (Å²) in [6.07, 6.45) is 3.87. The number of H-pyrrole nitrogens is 1. The Morgan fingerprint density at radius 1 is 1.27 bits per heavy atom. The van der Waals surface area contributed by atoms with E-state index in [1.54, 1.807) is 11.3 Å². The monoisotopic (exact) mass is 425 g/mol. The highest BCUT2D eigenvalue weighted by Gasteiger charge is 2.26. The Bertz CT molecular complexity index is 1020. The maximum Gasteiger partial charge on any atom is 0.226 e. The molecule has 3 N–H and O–H groups in total. The van der Waals surface area contributed by atoms with E-state index in [1.807, 2.05) is 24.4 Å². The number of imidazole rings is 1. The van der Waals surface area contributed by atoms with Crippen LogP contribution in [0.4, 0.5) is 5.13 Å². The van der Waals surface area contributed by atoms with Crippen LogP contribution in [0.25, 0.3) is 11.0 Å². The van der Waals surface area contributed by atoms with Crippen LogP contribution >= 0.6 is 11.3 Å². The molecule has 0 saturated heterocycles. The van der Waals surface area contributed by atoms with E-state index in [1.165, 1.54) is 12.8 Å². The summed E-state index contributed by atoms with van der Waals surface area (Å²) in [4.78, 5) is 25.3. The molecule has 3 unspecified atom stereocenters. The molecule has 160 valence electrons. The van der Waals surface area contributed by atoms with Crippen molar-refractivity contribution in [2.24, 2.45) is 5.92 Å². The van der Waals surface area contributed by atoms with E-state index in [0.29, 0.717) is 24.3 Å². The van der Waals surface area contributed by atoms with Gasteiger partial charge in [-0.15, -0.1) is 11.3 Å². The number of nitrogens with zero attached hydrogens (tertiary/aromatic N) is 2. The van der Waals surface area contributed by atoms with E-state index in [2.05, 4.69) is 52.4 Å². The van der Waals surface area contributed by atoms with Gasteiger partial charge in [-0.05, 0) is 50.3 Å². The topological polar surface area (TPSA) is 82.7 Å². The SMILES string of the molecule is CCC(C)C(C)Nc1nc(CC(=O)NC(C)c2ccc3nc(C4CC4)[nH]c3c2)cs1. The van der Waals surface area contributed by atoms with Gasteiger partial charge in [0.15, 0.2) is 5.13 Å². The van der Waals surface area contributed by atoms with Gasteiger partial charge in [-0.25, -0.2) is 9.97 Å². The standard InChI is InChI=1S/C23H31N5OS/c1-5-13(2)14(3)25-23-26-18(12-30-23)11-21(29)24-15(4)17-8-9-19-20(10-17)28-22(27-19)16-6-7-16/h8-10,12-16H,5-7,11H2,1-4H3,(H,24,29)(H,25,26)(H,27,28). The number of carbonyl (C=O) groups is 1. The summed E-state index contributed by atoms with van der Waals surface area (Å²) in [6.45, 7) is 8.61. The van der Waals surface area contributed by atoms with Gasteiger partial charge in [-0.1, -0.05) is 26.3 Å². The van der Waals surface area contributed by atoms with Crippen molar-refractivity contribution < 1.29 is 4.79 Å². The Kier molecular flexibility index (Phi) is 6.09. The van der Waals surface area contributed by atoms with E-state index < -0.39 is 0 Å². The van der Waals surface area contributed by atoms with Crippen molar-refractivity contribution in [1.82, 2.24) is 20.3 Å². The molecule has 1 aliphatic rings. The van der Waals surface area contributed by atoms with Crippen LogP contribution in [0.1, 0.15) is 76.0 Å². The number of nitrogens with one attached hydrogen (secondary N) is 3. The molecule has 2 heterocycles. The first-order valence-corrected chi connectivity index (χ1v) is 11.8. The fourth-order valence-electron chi connectivity index (χ4n) is 3.55. The lowest BCUT2D eigenvalue weighted by atomic mass is 10.0. The molecule has 1 fully saturated rings. The summed E-state index contributed by atoms with van der Waals surface area (Å²) in [6, 6.07) is 6.47. The number of hydrogen-bond acceptors (Lipinski definition) is 5. The normalized spacial score (nSPS) is 16.9. The summed E-state index contributed by atoms with van der Waals surface area (Å²) < 4.78 is 0. The van der Waals surface area contributed by atoms with E-state index >= 15 is 0 Å². The van der Waals surface area contributed by atoms with E-state index in [-0.39, 0.29) is 11.9 Å². The number of amides is 1. The summed E-state index contributed by atoms with van der Waals surface area (Å²) in [5.41, 5.74) is 3.92. The molecule has 3 atom stereocenters. The molecule has 4 rings (SSSR count). The minimum absolute atomic E-state index is 0.0160. The Morgan fingerprint density at radius 3 is 2.80 bits per heavy atom. The van der Waals surface area contributed by atoms with Crippen LogP contribution in [-0.4, -0.2) is 26.9 Å². The molecule has 0 spiro atoms. The molecule has 0 bridgehead atoms. The average Bonchev–Trinajstić information content (AvgIpc) is 3.35. The Hall–Kier alpha value is -2.41. The van der Waals surface area contributed by atoms with E-state index in [4.69, 9.17) is 0 Å². The summed E-state index contributed by atoms with van der Waals surface area (Å²) >= 11 is 1.56. The minimum Gasteiger partial charge on any atom is -0.359 e. The molecule has 1 aliphatic carbocycles. The molecule has 1 amide bonds. The third kappa shape index (κ3) is 4.83. The molecule has 0 radical (unpaired) electrons. The lowest BCUT2D eigenvalue weighted by molar-refractivity contribution is -0.121. The average molecular weight is 426 g/mol. The van der Waals surface area contributed by atoms with Gasteiger partial charge in [0.2, 0.25) is 5.91 Å². The largest absolute Gasteiger partial charge is 0.359 e. The van der Waals surface area contributed by atoms with Crippen LogP contribution in [0.15, 0.2) is 23.6 Å². The van der Waals surface area contributed by atoms with Crippen molar-refractivity contribution >= 4 is 33.4 Å². The molecule has 1 saturated carbocycles. The van der Waals surface area contributed by atoms with Crippen molar-refractivity contribution in [2.75, 3.05) is 5.32 Å². The van der Waals surface area contributed by atoms with E-state index in [0.717, 1.165) is 39.7 Å². The van der Waals surface area contributed by atoms with Gasteiger partial charge in [-0.3, -0.25) is 4.79 Å². The molecule has 6 nitrogen and oxygen atoms in total. The van der Waals surface area contributed by atoms with Crippen molar-refractivity contribution in [1.29, 1.82) is 0 Å². The van der Waals surface area contributed by atoms with Crippen molar-refractivity contribution in [2.45, 2.75) is 71.4 Å². The van der Waals surface area contributed by atoms with Crippen molar-refractivity contribution in [3.8, 4) is 0 Å². The first-order valence-electron chi connectivity index (χ1n) is 10.9. The number of aromatic nitrogens is 3. The van der Waals surface area contributed by atoms with Gasteiger partial charge >= 0.3 is 0 Å². The molecule has 2 aromatic heterocycles. The lowest BCUT2D eigenvalue weighted by Gasteiger charge is -2.19. The Balaban J connectivity index is 1.34. The molecular formula is C23H31N5OS. The van der Waals surface area contributed by atoms with Gasteiger partial charge < -0.3 is 15.6 Å². The van der Waals surface area contributed by atoms with Crippen LogP contribution < -0.4 is 10.6 Å². The van der Waals surface area contributed by atoms with Gasteiger partial charge in [0, 0.05) is 17.3 Å². The first kappa shape index (κ1) is 20.8. The number of carbonyl (C=O) groups excluding carboxylic acids is 1. The van der Waals surface area contributed by atoms with Crippen LogP contribution in [-0.2, 0) is 11.2 Å². The fraction of sp³-hybridized carbons (Fsp3) is 0.522. The quantitative estimate of drug-likeness (QED) is 0.442. The predicted octanol–water partition coefficient (Wildman–Crippen LogP) is 5.16. The molecule has 0 aliphatic heterocycles. The summed E-state index contributed by atoms with van der Waals surface area (Å²) in [5.74, 6) is 2.25. The summed E-state index contributed by atoms with van der Waals surface area (Å²) in [7, 11) is 0. The second kappa shape index (κ2) is 8.76. The van der Waals surface area contributed by atoms with Crippen LogP contribution in [0.2, 0.25) is 0 Å². The highest BCUT2D eigenvalue weighted by atomic mass is 32.1. The maximum atomic E-state index is 12.6. The third-order valence-electron chi connectivity index (χ3n) is 6.11. The van der Waals surface area contributed by atoms with Gasteiger partial charge in [-0.2, -0.15) is 0 Å². The highest BCUT2D eigenvalue weighted by Crippen LogP contribution is 2.39. The second-order valence-corrected chi connectivity index (χ2v) is 9.46. The smallest absolute Gasteiger partial charge is 0.226 e. The number of fused-ring (bicyclic) bond motifs is 1. The minimum atomic E-state index is -0.0729. The number of rotatable bonds is 9. The van der Waals surface area contributed by atoms with Crippen LogP contribution in [0, 0.1) is 5.92 Å².